The molecule has 1 aliphatic rings. The van der Waals surface area contributed by atoms with Gasteiger partial charge in [0, 0.05) is 16.5 Å². The molecule has 2 aromatic carbocycles. The van der Waals surface area contributed by atoms with Crippen molar-refractivity contribution in [2.45, 2.75) is 32.9 Å². The Morgan fingerprint density at radius 1 is 1.22 bits per heavy atom. The average Bonchev–Trinajstić information content (AvgIpc) is 3.31. The first kappa shape index (κ1) is 22.6. The quantitative estimate of drug-likeness (QED) is 0.488. The molecule has 0 radical (unpaired) electrons. The first-order valence-electron chi connectivity index (χ1n) is 9.70. The van der Waals surface area contributed by atoms with E-state index < -0.39 is 17.8 Å². The molecule has 32 heavy (non-hydrogen) atoms. The van der Waals surface area contributed by atoms with Crippen LogP contribution in [0, 0.1) is 19.7 Å². The van der Waals surface area contributed by atoms with E-state index in [9.17, 15) is 9.18 Å². The highest BCUT2D eigenvalue weighted by atomic mass is 35.5. The second-order valence-electron chi connectivity index (χ2n) is 7.36. The van der Waals surface area contributed by atoms with E-state index in [0.29, 0.717) is 28.0 Å². The van der Waals surface area contributed by atoms with Crippen molar-refractivity contribution in [2.24, 2.45) is 5.16 Å². The molecule has 0 saturated carbocycles. The van der Waals surface area contributed by atoms with E-state index in [1.165, 1.54) is 12.1 Å². The maximum absolute atomic E-state index is 14.2. The standard InChI is InChI=1S/C22H18Cl3FN4O2/c1-11-21(12(2)30(28-11)10-13-6-7-14(23)8-16(13)25)27-22(31)19-9-18(29-32-19)20-15(24)4-3-5-17(20)26/h3-8,19H,9-10H2,1-2H3,(H,27,31). The molecule has 1 aromatic heterocycles. The highest BCUT2D eigenvalue weighted by Gasteiger charge is 2.32. The van der Waals surface area contributed by atoms with Crippen LogP contribution in [0.3, 0.4) is 0 Å². The molecule has 0 bridgehead atoms. The van der Waals surface area contributed by atoms with Crippen molar-refractivity contribution in [3.63, 3.8) is 0 Å². The van der Waals surface area contributed by atoms with Gasteiger partial charge in [-0.3, -0.25) is 9.48 Å². The summed E-state index contributed by atoms with van der Waals surface area (Å²) in [6, 6.07) is 9.60. The molecule has 1 unspecified atom stereocenters. The van der Waals surface area contributed by atoms with Gasteiger partial charge >= 0.3 is 0 Å². The number of rotatable bonds is 5. The molecule has 4 rings (SSSR count). The number of benzene rings is 2. The zero-order valence-corrected chi connectivity index (χ0v) is 19.4. The van der Waals surface area contributed by atoms with Crippen LogP contribution in [0.5, 0.6) is 0 Å². The zero-order valence-electron chi connectivity index (χ0n) is 17.1. The summed E-state index contributed by atoms with van der Waals surface area (Å²) in [4.78, 5) is 18.1. The van der Waals surface area contributed by atoms with Crippen LogP contribution in [0.15, 0.2) is 41.6 Å². The second-order valence-corrected chi connectivity index (χ2v) is 8.61. The number of hydrogen-bond donors (Lipinski definition) is 1. The van der Waals surface area contributed by atoms with Gasteiger partial charge in [0.25, 0.3) is 5.91 Å². The summed E-state index contributed by atoms with van der Waals surface area (Å²) in [5.41, 5.74) is 3.23. The largest absolute Gasteiger partial charge is 0.382 e. The number of halogens is 4. The predicted octanol–water partition coefficient (Wildman–Crippen LogP) is 5.78. The van der Waals surface area contributed by atoms with E-state index in [1.54, 1.807) is 29.8 Å². The minimum Gasteiger partial charge on any atom is -0.382 e. The fraction of sp³-hybridized carbons (Fsp3) is 0.227. The van der Waals surface area contributed by atoms with Crippen LogP contribution >= 0.6 is 34.8 Å². The molecule has 0 aliphatic carbocycles. The maximum atomic E-state index is 14.2. The third-order valence-electron chi connectivity index (χ3n) is 5.18. The SMILES string of the molecule is Cc1nn(Cc2ccc(Cl)cc2Cl)c(C)c1NC(=O)C1CC(c2c(F)cccc2Cl)=NO1. The van der Waals surface area contributed by atoms with Crippen molar-refractivity contribution in [3.05, 3.63) is 79.8 Å². The minimum absolute atomic E-state index is 0.0963. The van der Waals surface area contributed by atoms with Crippen molar-refractivity contribution in [1.82, 2.24) is 9.78 Å². The molecular weight excluding hydrogens is 478 g/mol. The van der Waals surface area contributed by atoms with Crippen LogP contribution < -0.4 is 5.32 Å². The maximum Gasteiger partial charge on any atom is 0.268 e. The van der Waals surface area contributed by atoms with Crippen LogP contribution in [0.25, 0.3) is 0 Å². The summed E-state index contributed by atoms with van der Waals surface area (Å²) in [7, 11) is 0. The van der Waals surface area contributed by atoms with Crippen LogP contribution in [-0.4, -0.2) is 27.5 Å². The van der Waals surface area contributed by atoms with Gasteiger partial charge in [-0.1, -0.05) is 52.1 Å². The van der Waals surface area contributed by atoms with Gasteiger partial charge in [0.05, 0.1) is 39.9 Å². The molecule has 10 heteroatoms. The Balaban J connectivity index is 1.47. The highest BCUT2D eigenvalue weighted by molar-refractivity contribution is 6.35. The lowest BCUT2D eigenvalue weighted by Crippen LogP contribution is -2.28. The van der Waals surface area contributed by atoms with Crippen molar-refractivity contribution in [2.75, 3.05) is 5.32 Å². The molecule has 1 atom stereocenters. The summed E-state index contributed by atoms with van der Waals surface area (Å²) in [5.74, 6) is -0.929. The Kier molecular flexibility index (Phi) is 6.42. The first-order valence-corrected chi connectivity index (χ1v) is 10.8. The van der Waals surface area contributed by atoms with Crippen molar-refractivity contribution < 1.29 is 14.0 Å². The summed E-state index contributed by atoms with van der Waals surface area (Å²) >= 11 is 18.3. The molecule has 2 heterocycles. The second kappa shape index (κ2) is 9.10. The van der Waals surface area contributed by atoms with Crippen molar-refractivity contribution in [3.8, 4) is 0 Å². The molecule has 1 aliphatic heterocycles. The van der Waals surface area contributed by atoms with Crippen molar-refractivity contribution >= 4 is 52.1 Å². The molecule has 1 N–H and O–H groups in total. The van der Waals surface area contributed by atoms with Gasteiger partial charge in [0.2, 0.25) is 6.10 Å². The van der Waals surface area contributed by atoms with Crippen LogP contribution in [0.1, 0.15) is 28.9 Å². The number of oxime groups is 1. The molecule has 0 saturated heterocycles. The topological polar surface area (TPSA) is 68.5 Å². The third-order valence-corrected chi connectivity index (χ3v) is 6.08. The number of aromatic nitrogens is 2. The lowest BCUT2D eigenvalue weighted by atomic mass is 10.0. The molecule has 0 spiro atoms. The van der Waals surface area contributed by atoms with Gasteiger partial charge in [-0.15, -0.1) is 0 Å². The molecule has 3 aromatic rings. The van der Waals surface area contributed by atoms with Gasteiger partial charge in [-0.05, 0) is 43.7 Å². The number of nitrogens with one attached hydrogen (secondary N) is 1. The van der Waals surface area contributed by atoms with Gasteiger partial charge in [0.1, 0.15) is 5.82 Å². The number of nitrogens with zero attached hydrogens (tertiary/aromatic N) is 3. The lowest BCUT2D eigenvalue weighted by Gasteiger charge is -2.11. The number of aryl methyl sites for hydroxylation is 1. The lowest BCUT2D eigenvalue weighted by molar-refractivity contribution is -0.125. The van der Waals surface area contributed by atoms with Crippen LogP contribution in [0.4, 0.5) is 10.1 Å². The fourth-order valence-electron chi connectivity index (χ4n) is 3.49. The Morgan fingerprint density at radius 2 is 2.00 bits per heavy atom. The molecule has 1 amide bonds. The molecular formula is C22H18Cl3FN4O2. The number of carbonyl (C=O) groups excluding carboxylic acids is 1. The smallest absolute Gasteiger partial charge is 0.268 e. The summed E-state index contributed by atoms with van der Waals surface area (Å²) in [6.07, 6.45) is -0.812. The summed E-state index contributed by atoms with van der Waals surface area (Å²) in [5, 5.41) is 12.5. The van der Waals surface area contributed by atoms with E-state index in [2.05, 4.69) is 15.6 Å². The molecule has 0 fully saturated rings. The van der Waals surface area contributed by atoms with Gasteiger partial charge in [0.15, 0.2) is 0 Å². The van der Waals surface area contributed by atoms with E-state index >= 15 is 0 Å². The Morgan fingerprint density at radius 3 is 2.72 bits per heavy atom. The Bertz CT molecular complexity index is 1220. The number of amides is 1. The van der Waals surface area contributed by atoms with E-state index in [0.717, 1.165) is 11.3 Å². The fourth-order valence-corrected chi connectivity index (χ4v) is 4.23. The number of hydrogen-bond acceptors (Lipinski definition) is 4. The summed E-state index contributed by atoms with van der Waals surface area (Å²) in [6.45, 7) is 4.05. The number of anilines is 1. The van der Waals surface area contributed by atoms with Gasteiger partial charge in [-0.2, -0.15) is 5.10 Å². The highest BCUT2D eigenvalue weighted by Crippen LogP contribution is 2.28. The summed E-state index contributed by atoms with van der Waals surface area (Å²) < 4.78 is 15.9. The zero-order chi connectivity index (χ0) is 23.0. The molecule has 166 valence electrons. The van der Waals surface area contributed by atoms with E-state index in [4.69, 9.17) is 39.6 Å². The van der Waals surface area contributed by atoms with Crippen molar-refractivity contribution in [1.29, 1.82) is 0 Å². The Hall–Kier alpha value is -2.61. The van der Waals surface area contributed by atoms with Gasteiger partial charge < -0.3 is 10.2 Å². The monoisotopic (exact) mass is 494 g/mol. The van der Waals surface area contributed by atoms with E-state index in [-0.39, 0.29) is 22.7 Å². The van der Waals surface area contributed by atoms with Gasteiger partial charge in [-0.25, -0.2) is 4.39 Å². The minimum atomic E-state index is -0.909. The number of carbonyl (C=O) groups is 1. The normalized spacial score (nSPS) is 15.4. The first-order chi connectivity index (χ1) is 15.2. The average molecular weight is 496 g/mol. The Labute approximate surface area is 198 Å². The predicted molar refractivity (Wildman–Crippen MR) is 123 cm³/mol. The molecule has 6 nitrogen and oxygen atoms in total. The van der Waals surface area contributed by atoms with E-state index in [1.807, 2.05) is 13.0 Å². The third kappa shape index (κ3) is 4.46. The van der Waals surface area contributed by atoms with Crippen LogP contribution in [-0.2, 0) is 16.2 Å². The van der Waals surface area contributed by atoms with Crippen LogP contribution in [0.2, 0.25) is 15.1 Å².